The molecule has 218 valence electrons. The molecule has 9 heteroatoms. The van der Waals surface area contributed by atoms with Gasteiger partial charge in [-0.15, -0.1) is 0 Å². The van der Waals surface area contributed by atoms with E-state index in [0.717, 1.165) is 54.8 Å². The van der Waals surface area contributed by atoms with Gasteiger partial charge in [-0.2, -0.15) is 4.98 Å². The van der Waals surface area contributed by atoms with Gasteiger partial charge in [0.25, 0.3) is 5.91 Å². The second-order valence-corrected chi connectivity index (χ2v) is 11.0. The molecule has 0 radical (unpaired) electrons. The Balaban J connectivity index is 1.01. The number of hydrogen-bond donors (Lipinski definition) is 2. The maximum Gasteiger partial charge on any atom is 0.253 e. The van der Waals surface area contributed by atoms with Crippen molar-refractivity contribution in [1.82, 2.24) is 24.8 Å². The summed E-state index contributed by atoms with van der Waals surface area (Å²) >= 11 is 0. The highest BCUT2D eigenvalue weighted by molar-refractivity contribution is 5.94. The molecule has 1 saturated heterocycles. The third-order valence-electron chi connectivity index (χ3n) is 7.95. The number of aromatic nitrogens is 3. The molecule has 6 rings (SSSR count). The van der Waals surface area contributed by atoms with Crippen molar-refractivity contribution in [2.45, 2.75) is 32.4 Å². The molecule has 43 heavy (non-hydrogen) atoms. The average Bonchev–Trinajstić information content (AvgIpc) is 3.03. The van der Waals surface area contributed by atoms with Gasteiger partial charge in [-0.3, -0.25) is 14.7 Å². The van der Waals surface area contributed by atoms with E-state index in [9.17, 15) is 9.18 Å². The molecule has 8 nitrogen and oxygen atoms in total. The van der Waals surface area contributed by atoms with Gasteiger partial charge in [0.1, 0.15) is 11.6 Å². The van der Waals surface area contributed by atoms with E-state index in [0.29, 0.717) is 28.9 Å². The van der Waals surface area contributed by atoms with Gasteiger partial charge >= 0.3 is 0 Å². The molecule has 1 amide bonds. The Hall–Kier alpha value is -4.89. The van der Waals surface area contributed by atoms with Crippen LogP contribution in [0.5, 0.6) is 0 Å². The first-order valence-corrected chi connectivity index (χ1v) is 14.5. The monoisotopic (exact) mass is 575 g/mol. The van der Waals surface area contributed by atoms with E-state index >= 15 is 0 Å². The number of pyridine rings is 1. The number of rotatable bonds is 8. The Labute approximate surface area is 250 Å². The first-order chi connectivity index (χ1) is 20.9. The predicted molar refractivity (Wildman–Crippen MR) is 168 cm³/mol. The van der Waals surface area contributed by atoms with Crippen molar-refractivity contribution in [1.29, 1.82) is 0 Å². The van der Waals surface area contributed by atoms with Gasteiger partial charge < -0.3 is 15.5 Å². The second kappa shape index (κ2) is 12.5. The number of fused-ring (bicyclic) bond motifs is 1. The normalized spacial score (nSPS) is 13.8. The molecule has 1 aliphatic rings. The fraction of sp³-hybridized carbons (Fsp3) is 0.235. The van der Waals surface area contributed by atoms with Crippen molar-refractivity contribution in [2.24, 2.45) is 0 Å². The Kier molecular flexibility index (Phi) is 8.24. The maximum atomic E-state index is 13.6. The van der Waals surface area contributed by atoms with Crippen LogP contribution in [0.1, 0.15) is 34.3 Å². The number of anilines is 4. The zero-order chi connectivity index (χ0) is 29.8. The van der Waals surface area contributed by atoms with Crippen molar-refractivity contribution in [3.63, 3.8) is 0 Å². The molecule has 0 bridgehead atoms. The van der Waals surface area contributed by atoms with Crippen molar-refractivity contribution >= 4 is 40.0 Å². The van der Waals surface area contributed by atoms with Crippen LogP contribution in [0.3, 0.4) is 0 Å². The first kappa shape index (κ1) is 28.2. The molecule has 2 N–H and O–H groups in total. The number of carbonyl (C=O) groups is 1. The number of hydrogen-bond acceptors (Lipinski definition) is 7. The highest BCUT2D eigenvalue weighted by atomic mass is 19.1. The molecular weight excluding hydrogens is 541 g/mol. The van der Waals surface area contributed by atoms with E-state index < -0.39 is 0 Å². The fourth-order valence-corrected chi connectivity index (χ4v) is 5.50. The minimum Gasteiger partial charge on any atom is -0.340 e. The predicted octanol–water partition coefficient (Wildman–Crippen LogP) is 6.70. The van der Waals surface area contributed by atoms with Crippen LogP contribution in [0.2, 0.25) is 0 Å². The Morgan fingerprint density at radius 1 is 0.930 bits per heavy atom. The number of nitrogens with one attached hydrogen (secondary N) is 2. The van der Waals surface area contributed by atoms with Gasteiger partial charge in [0.15, 0.2) is 0 Å². The minimum absolute atomic E-state index is 0.0466. The van der Waals surface area contributed by atoms with Gasteiger partial charge in [0, 0.05) is 60.4 Å². The number of carbonyl (C=O) groups excluding carboxylic acids is 1. The summed E-state index contributed by atoms with van der Waals surface area (Å²) in [5, 5.41) is 7.51. The summed E-state index contributed by atoms with van der Waals surface area (Å²) in [7, 11) is 2.16. The van der Waals surface area contributed by atoms with E-state index in [1.165, 1.54) is 11.6 Å². The summed E-state index contributed by atoms with van der Waals surface area (Å²) in [6.45, 7) is 4.03. The van der Waals surface area contributed by atoms with Crippen LogP contribution in [0.25, 0.3) is 10.9 Å². The number of piperidine rings is 1. The van der Waals surface area contributed by atoms with Crippen LogP contribution < -0.4 is 10.6 Å². The third-order valence-corrected chi connectivity index (χ3v) is 7.95. The van der Waals surface area contributed by atoms with E-state index in [1.807, 2.05) is 41.4 Å². The largest absolute Gasteiger partial charge is 0.340 e. The van der Waals surface area contributed by atoms with E-state index in [-0.39, 0.29) is 11.7 Å². The molecule has 0 spiro atoms. The number of aryl methyl sites for hydroxylation is 1. The van der Waals surface area contributed by atoms with Crippen LogP contribution in [0.15, 0.2) is 91.3 Å². The third kappa shape index (κ3) is 6.79. The van der Waals surface area contributed by atoms with Crippen LogP contribution in [-0.2, 0) is 6.54 Å². The molecule has 3 aromatic carbocycles. The second-order valence-electron chi connectivity index (χ2n) is 11.0. The highest BCUT2D eigenvalue weighted by Gasteiger charge is 2.26. The highest BCUT2D eigenvalue weighted by Crippen LogP contribution is 2.23. The summed E-state index contributed by atoms with van der Waals surface area (Å²) < 4.78 is 13.6. The van der Waals surface area contributed by atoms with Crippen molar-refractivity contribution in [2.75, 3.05) is 30.8 Å². The standard InChI is InChI=1S/C34H34FN7O/c1-23-20-28(11-12-30(23)35)38-32-13-17-37-34(40-32)39-27-9-7-26(8-10-27)33(43)42-18-14-29(15-19-42)41(2)22-24-5-6-25-4-3-16-36-31(25)21-24/h3-13,16-17,20-21,29H,14-15,18-19,22H2,1-2H3,(H2,37,38,39,40). The molecule has 1 aliphatic heterocycles. The molecule has 5 aromatic rings. The van der Waals surface area contributed by atoms with Crippen LogP contribution in [0, 0.1) is 12.7 Å². The molecule has 0 atom stereocenters. The van der Waals surface area contributed by atoms with E-state index in [1.54, 1.807) is 31.3 Å². The molecule has 1 fully saturated rings. The average molecular weight is 576 g/mol. The lowest BCUT2D eigenvalue weighted by atomic mass is 10.0. The Morgan fingerprint density at radius 2 is 1.72 bits per heavy atom. The first-order valence-electron chi connectivity index (χ1n) is 14.5. The number of amides is 1. The van der Waals surface area contributed by atoms with Crippen molar-refractivity contribution in [3.05, 3.63) is 114 Å². The molecule has 2 aromatic heterocycles. The summed E-state index contributed by atoms with van der Waals surface area (Å²) in [5.74, 6) is 0.790. The fourth-order valence-electron chi connectivity index (χ4n) is 5.50. The van der Waals surface area contributed by atoms with E-state index in [4.69, 9.17) is 0 Å². The van der Waals surface area contributed by atoms with Gasteiger partial charge in [-0.1, -0.05) is 18.2 Å². The molecule has 0 unspecified atom stereocenters. The lowest BCUT2D eigenvalue weighted by Gasteiger charge is -2.37. The zero-order valence-corrected chi connectivity index (χ0v) is 24.3. The molecule has 3 heterocycles. The van der Waals surface area contributed by atoms with Crippen LogP contribution in [0.4, 0.5) is 27.5 Å². The minimum atomic E-state index is -0.249. The zero-order valence-electron chi connectivity index (χ0n) is 24.3. The number of halogens is 1. The van der Waals surface area contributed by atoms with Gasteiger partial charge in [0.2, 0.25) is 5.95 Å². The summed E-state index contributed by atoms with van der Waals surface area (Å²) in [5.41, 5.74) is 4.99. The van der Waals surface area contributed by atoms with Gasteiger partial charge in [0.05, 0.1) is 5.52 Å². The van der Waals surface area contributed by atoms with Gasteiger partial charge in [-0.25, -0.2) is 9.37 Å². The van der Waals surface area contributed by atoms with Gasteiger partial charge in [-0.05, 0) is 98.6 Å². The van der Waals surface area contributed by atoms with Crippen LogP contribution in [-0.4, -0.2) is 56.8 Å². The van der Waals surface area contributed by atoms with Crippen LogP contribution >= 0.6 is 0 Å². The quantitative estimate of drug-likeness (QED) is 0.213. The Morgan fingerprint density at radius 3 is 2.51 bits per heavy atom. The maximum absolute atomic E-state index is 13.6. The number of likely N-dealkylation sites (tertiary alicyclic amines) is 1. The number of nitrogens with zero attached hydrogens (tertiary/aromatic N) is 5. The summed E-state index contributed by atoms with van der Waals surface area (Å²) in [6, 6.07) is 24.9. The SMILES string of the molecule is Cc1cc(Nc2ccnc(Nc3ccc(C(=O)N4CCC(N(C)Cc5ccc6cccnc6c5)CC4)cc3)n2)ccc1F. The number of benzene rings is 3. The molecule has 0 saturated carbocycles. The smallest absolute Gasteiger partial charge is 0.253 e. The molecule has 0 aliphatic carbocycles. The lowest BCUT2D eigenvalue weighted by molar-refractivity contribution is 0.0639. The van der Waals surface area contributed by atoms with Crippen molar-refractivity contribution < 1.29 is 9.18 Å². The molecular formula is C34H34FN7O. The summed E-state index contributed by atoms with van der Waals surface area (Å²) in [4.78, 5) is 30.9. The topological polar surface area (TPSA) is 86.3 Å². The Bertz CT molecular complexity index is 1740. The van der Waals surface area contributed by atoms with E-state index in [2.05, 4.69) is 61.8 Å². The lowest BCUT2D eigenvalue weighted by Crippen LogP contribution is -2.45. The van der Waals surface area contributed by atoms with Crippen molar-refractivity contribution in [3.8, 4) is 0 Å². The summed E-state index contributed by atoms with van der Waals surface area (Å²) in [6.07, 6.45) is 5.35.